The topological polar surface area (TPSA) is 105 Å². The van der Waals surface area contributed by atoms with Gasteiger partial charge in [0.2, 0.25) is 0 Å². The van der Waals surface area contributed by atoms with E-state index >= 15 is 0 Å². The van der Waals surface area contributed by atoms with Crippen LogP contribution in [0.2, 0.25) is 5.02 Å². The van der Waals surface area contributed by atoms with Crippen molar-refractivity contribution in [1.82, 2.24) is 5.43 Å². The molecule has 0 saturated carbocycles. The second-order valence-corrected chi connectivity index (χ2v) is 9.00. The highest BCUT2D eigenvalue weighted by molar-refractivity contribution is 7.93. The molecule has 0 unspecified atom stereocenters. The Balaban J connectivity index is 0.00000281. The summed E-state index contributed by atoms with van der Waals surface area (Å²) in [5.74, 6) is 4.73. The Bertz CT molecular complexity index is 1150. The molecule has 2 aromatic carbocycles. The highest BCUT2D eigenvalue weighted by Gasteiger charge is 2.50. The third-order valence-electron chi connectivity index (χ3n) is 4.57. The lowest BCUT2D eigenvalue weighted by Gasteiger charge is -2.23. The van der Waals surface area contributed by atoms with Crippen molar-refractivity contribution in [1.29, 1.82) is 0 Å². The molecular formula is C22H28ClF3N4O3S. The largest absolute Gasteiger partial charge is 0.518 e. The summed E-state index contributed by atoms with van der Waals surface area (Å²) in [5, 5.41) is 4.22. The fourth-order valence-corrected chi connectivity index (χ4v) is 3.72. The van der Waals surface area contributed by atoms with Gasteiger partial charge in [-0.25, -0.2) is 11.3 Å². The van der Waals surface area contributed by atoms with Crippen LogP contribution >= 0.6 is 11.6 Å². The SMILES string of the molecule is CC.CC/C(=N\NC(=O)c1ccc(CC)cc1Cl)c1cc(C)ccc1N(N)S(=O)(=O)C(F)(F)F. The number of hydrazine groups is 1. The fraction of sp³-hybridized carbons (Fsp3) is 0.364. The second-order valence-electron chi connectivity index (χ2n) is 6.79. The van der Waals surface area contributed by atoms with Gasteiger partial charge in [-0.3, -0.25) is 4.79 Å². The van der Waals surface area contributed by atoms with Crippen LogP contribution in [0, 0.1) is 6.92 Å². The van der Waals surface area contributed by atoms with Crippen LogP contribution in [-0.2, 0) is 16.4 Å². The first kappa shape index (κ1) is 29.4. The number of nitrogens with one attached hydrogen (secondary N) is 1. The Morgan fingerprint density at radius 3 is 2.24 bits per heavy atom. The molecule has 0 spiro atoms. The van der Waals surface area contributed by atoms with Gasteiger partial charge in [0.25, 0.3) is 5.91 Å². The number of alkyl halides is 3. The smallest absolute Gasteiger partial charge is 0.267 e. The highest BCUT2D eigenvalue weighted by atomic mass is 35.5. The van der Waals surface area contributed by atoms with Gasteiger partial charge in [0, 0.05) is 5.56 Å². The van der Waals surface area contributed by atoms with E-state index in [4.69, 9.17) is 17.4 Å². The molecule has 188 valence electrons. The number of nitrogens with two attached hydrogens (primary N) is 1. The van der Waals surface area contributed by atoms with Gasteiger partial charge in [-0.15, -0.1) is 0 Å². The van der Waals surface area contributed by atoms with Crippen LogP contribution in [0.25, 0.3) is 0 Å². The average molecular weight is 521 g/mol. The number of benzene rings is 2. The maximum atomic E-state index is 13.0. The molecule has 0 radical (unpaired) electrons. The van der Waals surface area contributed by atoms with Crippen LogP contribution in [0.4, 0.5) is 18.9 Å². The monoisotopic (exact) mass is 520 g/mol. The highest BCUT2D eigenvalue weighted by Crippen LogP contribution is 2.31. The van der Waals surface area contributed by atoms with Gasteiger partial charge >= 0.3 is 15.5 Å². The average Bonchev–Trinajstić information content (AvgIpc) is 2.79. The summed E-state index contributed by atoms with van der Waals surface area (Å²) in [6.45, 7) is 9.23. The minimum atomic E-state index is -5.84. The van der Waals surface area contributed by atoms with Crippen molar-refractivity contribution >= 4 is 38.9 Å². The first-order valence-electron chi connectivity index (χ1n) is 10.5. The van der Waals surface area contributed by atoms with Gasteiger partial charge in [0.05, 0.1) is 22.0 Å². The molecule has 3 N–H and O–H groups in total. The molecule has 0 aromatic heterocycles. The first-order chi connectivity index (χ1) is 15.8. The van der Waals surface area contributed by atoms with Crippen molar-refractivity contribution in [3.05, 3.63) is 63.7 Å². The second kappa shape index (κ2) is 12.2. The third kappa shape index (κ3) is 6.71. The molecule has 0 aliphatic carbocycles. The predicted molar refractivity (Wildman–Crippen MR) is 129 cm³/mol. The number of carbonyl (C=O) groups is 1. The van der Waals surface area contributed by atoms with Gasteiger partial charge in [-0.05, 0) is 49.6 Å². The fourth-order valence-electron chi connectivity index (χ4n) is 2.79. The standard InChI is InChI=1S/C20H22ClF3N4O3S.C2H6/c1-4-13-7-8-14(16(21)11-13)19(29)27-26-17(5-2)15-10-12(3)6-9-18(15)28(25)32(30,31)20(22,23)24;1-2/h6-11H,4-5,25H2,1-3H3,(H,27,29);1-2H3/b26-17+;. The number of hydrazone groups is 1. The van der Waals surface area contributed by atoms with E-state index < -0.39 is 27.1 Å². The van der Waals surface area contributed by atoms with Crippen LogP contribution < -0.4 is 15.7 Å². The Kier molecular flexibility index (Phi) is 10.5. The molecule has 0 heterocycles. The van der Waals surface area contributed by atoms with Crippen LogP contribution in [0.3, 0.4) is 0 Å². The lowest BCUT2D eigenvalue weighted by molar-refractivity contribution is -0.0438. The molecule has 0 atom stereocenters. The molecule has 0 bridgehead atoms. The van der Waals surface area contributed by atoms with E-state index in [0.717, 1.165) is 18.1 Å². The summed E-state index contributed by atoms with van der Waals surface area (Å²) >= 11 is 6.14. The minimum Gasteiger partial charge on any atom is -0.267 e. The Morgan fingerprint density at radius 1 is 1.12 bits per heavy atom. The quantitative estimate of drug-likeness (QED) is 0.293. The minimum absolute atomic E-state index is 0.0237. The summed E-state index contributed by atoms with van der Waals surface area (Å²) in [7, 11) is -5.84. The zero-order chi connectivity index (χ0) is 26.3. The number of anilines is 1. The van der Waals surface area contributed by atoms with Crippen LogP contribution in [-0.4, -0.2) is 25.5 Å². The van der Waals surface area contributed by atoms with Crippen LogP contribution in [0.1, 0.15) is 61.2 Å². The van der Waals surface area contributed by atoms with E-state index in [1.165, 1.54) is 18.2 Å². The number of carbonyl (C=O) groups excluding carboxylic acids is 1. The van der Waals surface area contributed by atoms with Crippen molar-refractivity contribution in [2.75, 3.05) is 4.41 Å². The van der Waals surface area contributed by atoms with Gasteiger partial charge in [0.15, 0.2) is 0 Å². The number of rotatable bonds is 7. The summed E-state index contributed by atoms with van der Waals surface area (Å²) in [6.07, 6.45) is 0.880. The van der Waals surface area contributed by atoms with Crippen molar-refractivity contribution in [3.63, 3.8) is 0 Å². The molecule has 34 heavy (non-hydrogen) atoms. The van der Waals surface area contributed by atoms with E-state index in [1.807, 2.05) is 20.8 Å². The molecule has 1 amide bonds. The first-order valence-corrected chi connectivity index (χ1v) is 12.3. The van der Waals surface area contributed by atoms with E-state index in [-0.39, 0.29) is 32.7 Å². The molecule has 0 saturated heterocycles. The number of hydrogen-bond donors (Lipinski definition) is 2. The third-order valence-corrected chi connectivity index (χ3v) is 6.18. The molecule has 0 fully saturated rings. The van der Waals surface area contributed by atoms with Crippen molar-refractivity contribution in [2.24, 2.45) is 10.9 Å². The molecule has 2 aromatic rings. The molecule has 0 aliphatic heterocycles. The summed E-state index contributed by atoms with van der Waals surface area (Å²) < 4.78 is 62.2. The van der Waals surface area contributed by atoms with E-state index in [0.29, 0.717) is 5.56 Å². The molecule has 0 aliphatic rings. The van der Waals surface area contributed by atoms with Gasteiger partial charge < -0.3 is 0 Å². The number of amides is 1. The van der Waals surface area contributed by atoms with Crippen LogP contribution in [0.5, 0.6) is 0 Å². The zero-order valence-electron chi connectivity index (χ0n) is 19.5. The summed E-state index contributed by atoms with van der Waals surface area (Å²) in [5.41, 5.74) is -1.87. The van der Waals surface area contributed by atoms with Crippen molar-refractivity contribution < 1.29 is 26.4 Å². The Morgan fingerprint density at radius 2 is 1.74 bits per heavy atom. The number of aryl methyl sites for hydroxylation is 2. The lowest BCUT2D eigenvalue weighted by Crippen LogP contribution is -2.46. The normalized spacial score (nSPS) is 12.0. The molecular weight excluding hydrogens is 493 g/mol. The molecule has 12 heteroatoms. The van der Waals surface area contributed by atoms with Crippen LogP contribution in [0.15, 0.2) is 41.5 Å². The summed E-state index contributed by atoms with van der Waals surface area (Å²) in [6, 6.07) is 8.89. The Hall–Kier alpha value is -2.63. The van der Waals surface area contributed by atoms with Gasteiger partial charge in [-0.2, -0.15) is 31.1 Å². The summed E-state index contributed by atoms with van der Waals surface area (Å²) in [4.78, 5) is 12.5. The van der Waals surface area contributed by atoms with Crippen molar-refractivity contribution in [2.45, 2.75) is 53.0 Å². The van der Waals surface area contributed by atoms with Gasteiger partial charge in [0.1, 0.15) is 0 Å². The number of nitrogens with zero attached hydrogens (tertiary/aromatic N) is 2. The van der Waals surface area contributed by atoms with E-state index in [2.05, 4.69) is 10.5 Å². The maximum absolute atomic E-state index is 13.0. The number of sulfonamides is 1. The van der Waals surface area contributed by atoms with Gasteiger partial charge in [-0.1, -0.05) is 57.0 Å². The van der Waals surface area contributed by atoms with Crippen molar-refractivity contribution in [3.8, 4) is 0 Å². The maximum Gasteiger partial charge on any atom is 0.518 e. The number of hydrogen-bond acceptors (Lipinski definition) is 5. The van der Waals surface area contributed by atoms with E-state index in [9.17, 15) is 26.4 Å². The molecule has 2 rings (SSSR count). The Labute approximate surface area is 202 Å². The predicted octanol–water partition coefficient (Wildman–Crippen LogP) is 5.31. The number of halogens is 4. The lowest BCUT2D eigenvalue weighted by atomic mass is 10.0. The zero-order valence-corrected chi connectivity index (χ0v) is 21.1. The molecule has 7 nitrogen and oxygen atoms in total. The van der Waals surface area contributed by atoms with E-state index in [1.54, 1.807) is 26.0 Å².